The minimum atomic E-state index is -0.757. The normalized spacial score (nSPS) is 29.2. The van der Waals surface area contributed by atoms with E-state index >= 15 is 0 Å². The van der Waals surface area contributed by atoms with Gasteiger partial charge in [-0.05, 0) is 25.0 Å². The number of hydrogen-bond acceptors (Lipinski definition) is 6. The van der Waals surface area contributed by atoms with Crippen molar-refractivity contribution in [3.63, 3.8) is 0 Å². The van der Waals surface area contributed by atoms with Crippen molar-refractivity contribution < 1.29 is 24.2 Å². The third-order valence-corrected chi connectivity index (χ3v) is 4.82. The Labute approximate surface area is 152 Å². The van der Waals surface area contributed by atoms with Gasteiger partial charge in [-0.1, -0.05) is 6.07 Å². The molecule has 2 N–H and O–H groups in total. The van der Waals surface area contributed by atoms with Gasteiger partial charge >= 0.3 is 0 Å². The number of rotatable bonds is 3. The van der Waals surface area contributed by atoms with Crippen LogP contribution in [0.3, 0.4) is 0 Å². The zero-order chi connectivity index (χ0) is 18.5. The van der Waals surface area contributed by atoms with Crippen LogP contribution in [0.1, 0.15) is 29.8 Å². The summed E-state index contributed by atoms with van der Waals surface area (Å²) in [6.45, 7) is 0.580. The average molecular weight is 363 g/mol. The van der Waals surface area contributed by atoms with Crippen LogP contribution in [0.25, 0.3) is 0 Å². The van der Waals surface area contributed by atoms with Gasteiger partial charge in [0.1, 0.15) is 11.8 Å². The SMILES string of the molecule is CNC(=O)C[C@H]1CC[C@H]2[C@@H](COC[C@H](O)CN2C(=O)c2ccccn2)O1. The first-order valence-electron chi connectivity index (χ1n) is 8.92. The van der Waals surface area contributed by atoms with Crippen molar-refractivity contribution in [1.29, 1.82) is 0 Å². The van der Waals surface area contributed by atoms with E-state index in [0.29, 0.717) is 18.5 Å². The highest BCUT2D eigenvalue weighted by molar-refractivity contribution is 5.92. The predicted octanol–water partition coefficient (Wildman–Crippen LogP) is -0.0328. The molecule has 26 heavy (non-hydrogen) atoms. The Bertz CT molecular complexity index is 627. The second-order valence-electron chi connectivity index (χ2n) is 6.68. The molecule has 0 bridgehead atoms. The minimum Gasteiger partial charge on any atom is -0.389 e. The lowest BCUT2D eigenvalue weighted by Gasteiger charge is -2.44. The molecule has 0 aromatic carbocycles. The molecule has 2 aliphatic heterocycles. The molecule has 8 nitrogen and oxygen atoms in total. The van der Waals surface area contributed by atoms with Crippen molar-refractivity contribution >= 4 is 11.8 Å². The maximum atomic E-state index is 13.0. The van der Waals surface area contributed by atoms with Crippen LogP contribution in [-0.2, 0) is 14.3 Å². The molecule has 3 rings (SSSR count). The van der Waals surface area contributed by atoms with E-state index in [-0.39, 0.29) is 56.2 Å². The number of aliphatic hydroxyl groups excluding tert-OH is 1. The quantitative estimate of drug-likeness (QED) is 0.782. The van der Waals surface area contributed by atoms with Crippen LogP contribution < -0.4 is 5.32 Å². The van der Waals surface area contributed by atoms with Crippen molar-refractivity contribution in [3.8, 4) is 0 Å². The molecule has 1 aromatic rings. The number of carbonyl (C=O) groups excluding carboxylic acids is 2. The molecule has 2 saturated heterocycles. The fraction of sp³-hybridized carbons (Fsp3) is 0.611. The van der Waals surface area contributed by atoms with Crippen molar-refractivity contribution in [2.45, 2.75) is 43.6 Å². The molecular formula is C18H25N3O5. The number of nitrogens with one attached hydrogen (secondary N) is 1. The van der Waals surface area contributed by atoms with Crippen LogP contribution in [0.15, 0.2) is 24.4 Å². The number of amides is 2. The summed E-state index contributed by atoms with van der Waals surface area (Å²) in [6.07, 6.45) is 1.92. The first-order chi connectivity index (χ1) is 12.6. The molecule has 0 aliphatic carbocycles. The molecule has 8 heteroatoms. The first-order valence-corrected chi connectivity index (χ1v) is 8.92. The monoisotopic (exact) mass is 363 g/mol. The summed E-state index contributed by atoms with van der Waals surface area (Å²) in [7, 11) is 1.60. The maximum absolute atomic E-state index is 13.0. The van der Waals surface area contributed by atoms with E-state index in [4.69, 9.17) is 9.47 Å². The highest BCUT2D eigenvalue weighted by Gasteiger charge is 2.40. The third-order valence-electron chi connectivity index (χ3n) is 4.82. The standard InChI is InChI=1S/C18H25N3O5/c1-19-17(23)8-13-5-6-15-16(26-13)11-25-10-12(22)9-21(15)18(24)14-4-2-3-7-20-14/h2-4,7,12-13,15-16,22H,5-6,8-11H2,1H3,(H,19,23)/t12-,13-,15+,16-/m1/s1. The number of fused-ring (bicyclic) bond motifs is 1. The average Bonchev–Trinajstić information content (AvgIpc) is 2.65. The van der Waals surface area contributed by atoms with Gasteiger partial charge in [0, 0.05) is 19.8 Å². The Balaban J connectivity index is 1.77. The van der Waals surface area contributed by atoms with E-state index in [0.717, 1.165) is 0 Å². The number of pyridine rings is 1. The molecule has 142 valence electrons. The lowest BCUT2D eigenvalue weighted by molar-refractivity contribution is -0.150. The summed E-state index contributed by atoms with van der Waals surface area (Å²) in [6, 6.07) is 4.96. The van der Waals surface area contributed by atoms with Gasteiger partial charge in [0.05, 0.1) is 37.9 Å². The van der Waals surface area contributed by atoms with Gasteiger partial charge in [-0.25, -0.2) is 0 Å². The van der Waals surface area contributed by atoms with Crippen LogP contribution in [0.5, 0.6) is 0 Å². The maximum Gasteiger partial charge on any atom is 0.272 e. The smallest absolute Gasteiger partial charge is 0.272 e. The summed E-state index contributed by atoms with van der Waals surface area (Å²) < 4.78 is 11.6. The minimum absolute atomic E-state index is 0.0722. The molecule has 2 fully saturated rings. The van der Waals surface area contributed by atoms with Crippen LogP contribution >= 0.6 is 0 Å². The lowest BCUT2D eigenvalue weighted by atomic mass is 9.94. The van der Waals surface area contributed by atoms with Crippen LogP contribution in [0.2, 0.25) is 0 Å². The molecule has 0 radical (unpaired) electrons. The van der Waals surface area contributed by atoms with Crippen molar-refractivity contribution in [1.82, 2.24) is 15.2 Å². The zero-order valence-electron chi connectivity index (χ0n) is 14.8. The fourth-order valence-electron chi connectivity index (χ4n) is 3.52. The first kappa shape index (κ1) is 18.8. The number of carbonyl (C=O) groups is 2. The molecule has 4 atom stereocenters. The van der Waals surface area contributed by atoms with Crippen LogP contribution in [0.4, 0.5) is 0 Å². The van der Waals surface area contributed by atoms with E-state index in [9.17, 15) is 14.7 Å². The van der Waals surface area contributed by atoms with Crippen molar-refractivity contribution in [2.24, 2.45) is 0 Å². The summed E-state index contributed by atoms with van der Waals surface area (Å²) in [5, 5.41) is 12.7. The lowest BCUT2D eigenvalue weighted by Crippen LogP contribution is -2.57. The molecule has 0 spiro atoms. The summed E-state index contributed by atoms with van der Waals surface area (Å²) >= 11 is 0. The number of aromatic nitrogens is 1. The van der Waals surface area contributed by atoms with Gasteiger partial charge in [0.2, 0.25) is 5.91 Å². The highest BCUT2D eigenvalue weighted by Crippen LogP contribution is 2.28. The fourth-order valence-corrected chi connectivity index (χ4v) is 3.52. The Morgan fingerprint density at radius 2 is 2.19 bits per heavy atom. The number of hydrogen-bond donors (Lipinski definition) is 2. The second kappa shape index (κ2) is 8.57. The third kappa shape index (κ3) is 4.38. The largest absolute Gasteiger partial charge is 0.389 e. The van der Waals surface area contributed by atoms with Crippen LogP contribution in [-0.4, -0.2) is 78.0 Å². The molecule has 0 unspecified atom stereocenters. The number of ether oxygens (including phenoxy) is 2. The molecular weight excluding hydrogens is 338 g/mol. The molecule has 2 amide bonds. The van der Waals surface area contributed by atoms with Gasteiger partial charge in [-0.2, -0.15) is 0 Å². The predicted molar refractivity (Wildman–Crippen MR) is 92.5 cm³/mol. The van der Waals surface area contributed by atoms with E-state index in [1.54, 1.807) is 36.3 Å². The Kier molecular flexibility index (Phi) is 6.18. The van der Waals surface area contributed by atoms with E-state index in [1.807, 2.05) is 0 Å². The Morgan fingerprint density at radius 3 is 2.92 bits per heavy atom. The van der Waals surface area contributed by atoms with E-state index in [2.05, 4.69) is 10.3 Å². The summed E-state index contributed by atoms with van der Waals surface area (Å²) in [5.41, 5.74) is 0.340. The van der Waals surface area contributed by atoms with Gasteiger partial charge in [0.15, 0.2) is 0 Å². The number of aliphatic hydroxyl groups is 1. The van der Waals surface area contributed by atoms with Crippen molar-refractivity contribution in [2.75, 3.05) is 26.8 Å². The molecule has 0 saturated carbocycles. The molecule has 2 aliphatic rings. The van der Waals surface area contributed by atoms with Gasteiger partial charge in [-0.3, -0.25) is 14.6 Å². The van der Waals surface area contributed by atoms with E-state index in [1.165, 1.54) is 0 Å². The summed E-state index contributed by atoms with van der Waals surface area (Å²) in [4.78, 5) is 30.4. The highest BCUT2D eigenvalue weighted by atomic mass is 16.5. The molecule has 1 aromatic heterocycles. The van der Waals surface area contributed by atoms with Gasteiger partial charge < -0.3 is 24.8 Å². The van der Waals surface area contributed by atoms with Crippen LogP contribution in [0, 0.1) is 0 Å². The van der Waals surface area contributed by atoms with Gasteiger partial charge in [-0.15, -0.1) is 0 Å². The topological polar surface area (TPSA) is 101 Å². The second-order valence-corrected chi connectivity index (χ2v) is 6.68. The number of nitrogens with zero attached hydrogens (tertiary/aromatic N) is 2. The summed E-state index contributed by atoms with van der Waals surface area (Å²) in [5.74, 6) is -0.299. The zero-order valence-corrected chi connectivity index (χ0v) is 14.8. The van der Waals surface area contributed by atoms with E-state index < -0.39 is 6.10 Å². The van der Waals surface area contributed by atoms with Gasteiger partial charge in [0.25, 0.3) is 5.91 Å². The number of β-amino-alcohol motifs (C(OH)–C–C–N with tert-alkyl or cyclic N) is 1. The Morgan fingerprint density at radius 1 is 1.35 bits per heavy atom. The Hall–Kier alpha value is -2.03. The molecule has 3 heterocycles. The van der Waals surface area contributed by atoms with Crippen molar-refractivity contribution in [3.05, 3.63) is 30.1 Å².